The first-order valence-corrected chi connectivity index (χ1v) is 14.7. The first-order chi connectivity index (χ1) is 19.2. The normalized spacial score (nSPS) is 17.1. The van der Waals surface area contributed by atoms with Crippen LogP contribution in [0.15, 0.2) is 60.7 Å². The minimum Gasteiger partial charge on any atom is -0.497 e. The van der Waals surface area contributed by atoms with Gasteiger partial charge in [0.25, 0.3) is 0 Å². The highest BCUT2D eigenvalue weighted by molar-refractivity contribution is 5.59. The van der Waals surface area contributed by atoms with Gasteiger partial charge in [-0.2, -0.15) is 0 Å². The maximum Gasteiger partial charge on any atom is 0.120 e. The van der Waals surface area contributed by atoms with Crippen LogP contribution in [0.25, 0.3) is 0 Å². The van der Waals surface area contributed by atoms with Crippen LogP contribution in [0.2, 0.25) is 0 Å². The molecular formula is C34H44N2O3. The van der Waals surface area contributed by atoms with Crippen LogP contribution in [0.3, 0.4) is 0 Å². The number of likely N-dealkylation sites (tertiary alicyclic amines) is 1. The fraction of sp³-hybridized carbons (Fsp3) is 0.471. The van der Waals surface area contributed by atoms with Gasteiger partial charge in [-0.1, -0.05) is 24.3 Å². The van der Waals surface area contributed by atoms with Gasteiger partial charge < -0.3 is 19.1 Å². The van der Waals surface area contributed by atoms with E-state index in [1.165, 1.54) is 53.9 Å². The highest BCUT2D eigenvalue weighted by atomic mass is 16.5. The van der Waals surface area contributed by atoms with E-state index < -0.39 is 0 Å². The molecule has 1 saturated heterocycles. The van der Waals surface area contributed by atoms with Crippen LogP contribution in [0.1, 0.15) is 54.4 Å². The van der Waals surface area contributed by atoms with Crippen LogP contribution >= 0.6 is 0 Å². The van der Waals surface area contributed by atoms with Crippen molar-refractivity contribution < 1.29 is 14.2 Å². The largest absolute Gasteiger partial charge is 0.497 e. The molecule has 0 radical (unpaired) electrons. The van der Waals surface area contributed by atoms with Crippen molar-refractivity contribution in [2.75, 3.05) is 58.5 Å². The number of nitrogens with zero attached hydrogens (tertiary/aromatic N) is 2. The third kappa shape index (κ3) is 6.88. The highest BCUT2D eigenvalue weighted by Crippen LogP contribution is 2.40. The molecular weight excluding hydrogens is 484 g/mol. The molecule has 2 aliphatic rings. The lowest BCUT2D eigenvalue weighted by Crippen LogP contribution is -2.27. The van der Waals surface area contributed by atoms with Gasteiger partial charge >= 0.3 is 0 Å². The van der Waals surface area contributed by atoms with Gasteiger partial charge in [-0.05, 0) is 117 Å². The van der Waals surface area contributed by atoms with Crippen molar-refractivity contribution in [2.24, 2.45) is 0 Å². The number of rotatable bonds is 12. The Bertz CT molecular complexity index is 1200. The van der Waals surface area contributed by atoms with E-state index in [9.17, 15) is 0 Å². The lowest BCUT2D eigenvalue weighted by molar-refractivity contribution is 0.238. The monoisotopic (exact) mass is 528 g/mol. The Hall–Kier alpha value is -3.18. The Labute approximate surface area is 234 Å². The van der Waals surface area contributed by atoms with Gasteiger partial charge in [0.1, 0.15) is 23.9 Å². The molecule has 0 bridgehead atoms. The molecule has 39 heavy (non-hydrogen) atoms. The number of aryl methyl sites for hydroxylation is 1. The molecule has 1 heterocycles. The Kier molecular flexibility index (Phi) is 9.31. The zero-order valence-corrected chi connectivity index (χ0v) is 24.0. The van der Waals surface area contributed by atoms with Gasteiger partial charge in [0.2, 0.25) is 0 Å². The maximum absolute atomic E-state index is 6.01. The van der Waals surface area contributed by atoms with Crippen LogP contribution in [0.4, 0.5) is 5.69 Å². The van der Waals surface area contributed by atoms with Crippen LogP contribution in [0.5, 0.6) is 17.2 Å². The quantitative estimate of drug-likeness (QED) is 0.267. The first-order valence-electron chi connectivity index (χ1n) is 14.7. The Morgan fingerprint density at radius 3 is 2.31 bits per heavy atom. The summed E-state index contributed by atoms with van der Waals surface area (Å²) in [5, 5.41) is 0. The van der Waals surface area contributed by atoms with Crippen molar-refractivity contribution in [3.05, 3.63) is 82.9 Å². The SMILES string of the molecule is CCN(CCc1ccc(OCCN2CCCC2)cc1)c1cc(OC)ccc1C1CCc2cc(OC)ccc2C1. The van der Waals surface area contributed by atoms with Gasteiger partial charge in [-0.15, -0.1) is 0 Å². The lowest BCUT2D eigenvalue weighted by Gasteiger charge is -2.32. The van der Waals surface area contributed by atoms with E-state index >= 15 is 0 Å². The van der Waals surface area contributed by atoms with Crippen molar-refractivity contribution in [2.45, 2.75) is 51.4 Å². The molecule has 0 aromatic heterocycles. The van der Waals surface area contributed by atoms with E-state index in [1.54, 1.807) is 14.2 Å². The summed E-state index contributed by atoms with van der Waals surface area (Å²) >= 11 is 0. The Morgan fingerprint density at radius 1 is 0.846 bits per heavy atom. The van der Waals surface area contributed by atoms with E-state index in [-0.39, 0.29) is 0 Å². The predicted molar refractivity (Wildman–Crippen MR) is 160 cm³/mol. The van der Waals surface area contributed by atoms with E-state index in [1.807, 2.05) is 0 Å². The van der Waals surface area contributed by atoms with E-state index in [0.717, 1.165) is 69.2 Å². The van der Waals surface area contributed by atoms with Crippen molar-refractivity contribution in [1.82, 2.24) is 4.90 Å². The number of hydrogen-bond donors (Lipinski definition) is 0. The van der Waals surface area contributed by atoms with Gasteiger partial charge in [0.05, 0.1) is 14.2 Å². The summed E-state index contributed by atoms with van der Waals surface area (Å²) in [6.07, 6.45) is 6.94. The van der Waals surface area contributed by atoms with Crippen molar-refractivity contribution in [3.63, 3.8) is 0 Å². The molecule has 5 rings (SSSR count). The Morgan fingerprint density at radius 2 is 1.56 bits per heavy atom. The van der Waals surface area contributed by atoms with Crippen molar-refractivity contribution >= 4 is 5.69 Å². The van der Waals surface area contributed by atoms with Crippen LogP contribution in [-0.4, -0.2) is 58.5 Å². The van der Waals surface area contributed by atoms with Crippen molar-refractivity contribution in [3.8, 4) is 17.2 Å². The summed E-state index contributed by atoms with van der Waals surface area (Å²) in [5.41, 5.74) is 6.95. The molecule has 0 N–H and O–H groups in total. The van der Waals surface area contributed by atoms with Crippen LogP contribution in [0, 0.1) is 0 Å². The number of likely N-dealkylation sites (N-methyl/N-ethyl adjacent to an activating group) is 1. The molecule has 0 spiro atoms. The summed E-state index contributed by atoms with van der Waals surface area (Å²) in [6.45, 7) is 8.40. The predicted octanol–water partition coefficient (Wildman–Crippen LogP) is 6.52. The summed E-state index contributed by atoms with van der Waals surface area (Å²) < 4.78 is 17.1. The second-order valence-corrected chi connectivity index (χ2v) is 10.9. The van der Waals surface area contributed by atoms with E-state index in [4.69, 9.17) is 14.2 Å². The molecule has 3 aromatic carbocycles. The third-order valence-corrected chi connectivity index (χ3v) is 8.51. The smallest absolute Gasteiger partial charge is 0.120 e. The van der Waals surface area contributed by atoms with Crippen LogP contribution in [-0.2, 0) is 19.3 Å². The molecule has 5 nitrogen and oxygen atoms in total. The topological polar surface area (TPSA) is 34.2 Å². The van der Waals surface area contributed by atoms with Crippen molar-refractivity contribution in [1.29, 1.82) is 0 Å². The standard InChI is InChI=1S/C34H44N2O3/c1-4-36(20-17-26-7-12-30(13-8-26)39-22-21-35-18-5-6-19-35)34-25-32(38-3)15-16-33(34)29-10-9-28-24-31(37-2)14-11-27(28)23-29/h7-8,11-16,24-25,29H,4-6,9-10,17-23H2,1-3H3. The first kappa shape index (κ1) is 27.4. The third-order valence-electron chi connectivity index (χ3n) is 8.51. The number of anilines is 1. The van der Waals surface area contributed by atoms with Crippen LogP contribution < -0.4 is 19.1 Å². The summed E-state index contributed by atoms with van der Waals surface area (Å²) in [6, 6.07) is 21.9. The molecule has 1 unspecified atom stereocenters. The minimum atomic E-state index is 0.498. The summed E-state index contributed by atoms with van der Waals surface area (Å²) in [5.74, 6) is 3.34. The number of hydrogen-bond acceptors (Lipinski definition) is 5. The van der Waals surface area contributed by atoms with Gasteiger partial charge in [0, 0.05) is 31.4 Å². The second-order valence-electron chi connectivity index (χ2n) is 10.9. The zero-order chi connectivity index (χ0) is 27.0. The molecule has 1 aliphatic heterocycles. The van der Waals surface area contributed by atoms with Gasteiger partial charge in [-0.25, -0.2) is 0 Å². The van der Waals surface area contributed by atoms with Gasteiger partial charge in [-0.3, -0.25) is 4.90 Å². The fourth-order valence-electron chi connectivity index (χ4n) is 6.16. The maximum atomic E-state index is 6.01. The molecule has 0 saturated carbocycles. The van der Waals surface area contributed by atoms with Gasteiger partial charge in [0.15, 0.2) is 0 Å². The zero-order valence-electron chi connectivity index (χ0n) is 24.0. The molecule has 0 amide bonds. The fourth-order valence-corrected chi connectivity index (χ4v) is 6.16. The lowest BCUT2D eigenvalue weighted by atomic mass is 9.79. The molecule has 1 fully saturated rings. The molecule has 1 atom stereocenters. The number of benzene rings is 3. The average Bonchev–Trinajstić information content (AvgIpc) is 3.51. The molecule has 1 aliphatic carbocycles. The number of fused-ring (bicyclic) bond motifs is 1. The van der Waals surface area contributed by atoms with E-state index in [0.29, 0.717) is 5.92 Å². The average molecular weight is 529 g/mol. The molecule has 3 aromatic rings. The molecule has 208 valence electrons. The Balaban J connectivity index is 1.24. The summed E-state index contributed by atoms with van der Waals surface area (Å²) in [7, 11) is 3.50. The number of ether oxygens (including phenoxy) is 3. The van der Waals surface area contributed by atoms with E-state index in [2.05, 4.69) is 77.4 Å². The number of methoxy groups -OCH3 is 2. The highest BCUT2D eigenvalue weighted by Gasteiger charge is 2.24. The molecule has 5 heteroatoms. The summed E-state index contributed by atoms with van der Waals surface area (Å²) in [4.78, 5) is 5.01. The minimum absolute atomic E-state index is 0.498. The second kappa shape index (κ2) is 13.3.